The predicted molar refractivity (Wildman–Crippen MR) is 74.0 cm³/mol. The van der Waals surface area contributed by atoms with Crippen LogP contribution in [0.2, 0.25) is 0 Å². The van der Waals surface area contributed by atoms with Gasteiger partial charge in [-0.25, -0.2) is 4.39 Å². The van der Waals surface area contributed by atoms with Crippen LogP contribution in [-0.2, 0) is 4.79 Å². The summed E-state index contributed by atoms with van der Waals surface area (Å²) in [6.07, 6.45) is -0.580. The Balaban J connectivity index is 0.000000218. The molecule has 0 bridgehead atoms. The molecule has 0 amide bonds. The number of rotatable bonds is 4. The third-order valence-electron chi connectivity index (χ3n) is 2.83. The SMILES string of the molecule is CC(O)(CC(=O)O)Oc1cccc(F)c1.c1cc2ccc1=2. The molecule has 0 heterocycles. The average molecular weight is 290 g/mol. The van der Waals surface area contributed by atoms with E-state index in [1.807, 2.05) is 0 Å². The van der Waals surface area contributed by atoms with Crippen molar-refractivity contribution < 1.29 is 24.1 Å². The smallest absolute Gasteiger partial charge is 0.310 e. The van der Waals surface area contributed by atoms with Crippen LogP contribution in [0.1, 0.15) is 13.3 Å². The van der Waals surface area contributed by atoms with Crippen molar-refractivity contribution in [2.24, 2.45) is 0 Å². The Morgan fingerprint density at radius 3 is 2.14 bits per heavy atom. The van der Waals surface area contributed by atoms with Crippen LogP contribution in [0.15, 0.2) is 48.5 Å². The third kappa shape index (κ3) is 4.29. The van der Waals surface area contributed by atoms with Crippen LogP contribution in [0.25, 0.3) is 0 Å². The first kappa shape index (κ1) is 15.0. The Morgan fingerprint density at radius 2 is 1.76 bits per heavy atom. The van der Waals surface area contributed by atoms with Crippen LogP contribution in [0.3, 0.4) is 0 Å². The first-order chi connectivity index (χ1) is 9.85. The van der Waals surface area contributed by atoms with Gasteiger partial charge < -0.3 is 14.9 Å². The minimum atomic E-state index is -1.85. The van der Waals surface area contributed by atoms with E-state index in [0.717, 1.165) is 6.07 Å². The quantitative estimate of drug-likeness (QED) is 0.725. The Kier molecular flexibility index (Phi) is 4.23. The van der Waals surface area contributed by atoms with Gasteiger partial charge in [0.25, 0.3) is 0 Å². The van der Waals surface area contributed by atoms with Crippen molar-refractivity contribution in [1.29, 1.82) is 0 Å². The molecule has 1 atom stereocenters. The molecule has 2 aliphatic rings. The topological polar surface area (TPSA) is 66.8 Å². The summed E-state index contributed by atoms with van der Waals surface area (Å²) in [6, 6.07) is 13.6. The zero-order chi connectivity index (χ0) is 15.5. The van der Waals surface area contributed by atoms with Crippen molar-refractivity contribution >= 4 is 5.97 Å². The Morgan fingerprint density at radius 1 is 1.19 bits per heavy atom. The number of benzene rings is 2. The lowest BCUT2D eigenvalue weighted by Crippen LogP contribution is -2.34. The van der Waals surface area contributed by atoms with E-state index in [0.29, 0.717) is 0 Å². The van der Waals surface area contributed by atoms with Gasteiger partial charge in [-0.2, -0.15) is 0 Å². The zero-order valence-electron chi connectivity index (χ0n) is 11.4. The summed E-state index contributed by atoms with van der Waals surface area (Å²) in [5, 5.41) is 20.8. The van der Waals surface area contributed by atoms with Gasteiger partial charge in [0.1, 0.15) is 18.0 Å². The molecule has 4 nitrogen and oxygen atoms in total. The average Bonchev–Trinajstić information content (AvgIpc) is 2.32. The normalized spacial score (nSPS) is 13.5. The Bertz CT molecular complexity index is 690. The van der Waals surface area contributed by atoms with Gasteiger partial charge in [0.15, 0.2) is 0 Å². The molecule has 0 spiro atoms. The van der Waals surface area contributed by atoms with Gasteiger partial charge in [0.05, 0.1) is 0 Å². The number of aliphatic carboxylic acids is 1. The summed E-state index contributed by atoms with van der Waals surface area (Å²) in [5.41, 5.74) is 0. The largest absolute Gasteiger partial charge is 0.481 e. The molecule has 3 rings (SSSR count). The highest BCUT2D eigenvalue weighted by molar-refractivity contribution is 5.67. The molecule has 0 saturated heterocycles. The van der Waals surface area contributed by atoms with Crippen LogP contribution >= 0.6 is 0 Å². The summed E-state index contributed by atoms with van der Waals surface area (Å²) >= 11 is 0. The van der Waals surface area contributed by atoms with Gasteiger partial charge >= 0.3 is 5.97 Å². The number of carboxylic acid groups (broad SMARTS) is 1. The van der Waals surface area contributed by atoms with E-state index >= 15 is 0 Å². The molecule has 0 radical (unpaired) electrons. The summed E-state index contributed by atoms with van der Waals surface area (Å²) in [6.45, 7) is 1.20. The van der Waals surface area contributed by atoms with E-state index in [1.165, 1.54) is 35.6 Å². The van der Waals surface area contributed by atoms with Crippen LogP contribution in [-0.4, -0.2) is 22.0 Å². The van der Waals surface area contributed by atoms with Crippen LogP contribution in [0.5, 0.6) is 5.75 Å². The lowest BCUT2D eigenvalue weighted by Gasteiger charge is -2.22. The summed E-state index contributed by atoms with van der Waals surface area (Å²) < 4.78 is 17.7. The molecule has 1 aromatic rings. The molecule has 0 aromatic heterocycles. The van der Waals surface area contributed by atoms with E-state index in [4.69, 9.17) is 9.84 Å². The highest BCUT2D eigenvalue weighted by atomic mass is 19.1. The number of hydrogen-bond acceptors (Lipinski definition) is 3. The maximum Gasteiger partial charge on any atom is 0.310 e. The highest BCUT2D eigenvalue weighted by Gasteiger charge is 2.26. The molecule has 0 fully saturated rings. The van der Waals surface area contributed by atoms with Gasteiger partial charge in [0, 0.05) is 13.0 Å². The Hall–Kier alpha value is -2.40. The van der Waals surface area contributed by atoms with Crippen LogP contribution in [0, 0.1) is 16.3 Å². The molecule has 110 valence electrons. The lowest BCUT2D eigenvalue weighted by atomic mass is 10.1. The molecular formula is C16H15FO4. The van der Waals surface area contributed by atoms with Gasteiger partial charge in [-0.3, -0.25) is 4.79 Å². The van der Waals surface area contributed by atoms with E-state index in [-0.39, 0.29) is 5.75 Å². The number of carbonyl (C=O) groups is 1. The molecule has 1 unspecified atom stereocenters. The predicted octanol–water partition coefficient (Wildman–Crippen LogP) is 2.67. The fourth-order valence-corrected chi connectivity index (χ4v) is 1.76. The highest BCUT2D eigenvalue weighted by Crippen LogP contribution is 2.19. The second kappa shape index (κ2) is 5.93. The number of halogens is 1. The fourth-order valence-electron chi connectivity index (χ4n) is 1.76. The summed E-state index contributed by atoms with van der Waals surface area (Å²) in [5.74, 6) is -3.48. The molecule has 2 aliphatic carbocycles. The van der Waals surface area contributed by atoms with Crippen molar-refractivity contribution in [1.82, 2.24) is 0 Å². The maximum atomic E-state index is 12.7. The van der Waals surface area contributed by atoms with Crippen LogP contribution in [0.4, 0.5) is 4.39 Å². The minimum absolute atomic E-state index is 0.0845. The minimum Gasteiger partial charge on any atom is -0.481 e. The number of ether oxygens (including phenoxy) is 1. The zero-order valence-corrected chi connectivity index (χ0v) is 11.4. The van der Waals surface area contributed by atoms with E-state index in [9.17, 15) is 14.3 Å². The molecular weight excluding hydrogens is 275 g/mol. The van der Waals surface area contributed by atoms with Crippen molar-refractivity contribution in [3.8, 4) is 5.75 Å². The third-order valence-corrected chi connectivity index (χ3v) is 2.83. The van der Waals surface area contributed by atoms with Crippen molar-refractivity contribution in [3.63, 3.8) is 0 Å². The monoisotopic (exact) mass is 290 g/mol. The summed E-state index contributed by atoms with van der Waals surface area (Å²) in [4.78, 5) is 10.4. The molecule has 21 heavy (non-hydrogen) atoms. The van der Waals surface area contributed by atoms with E-state index in [1.54, 1.807) is 0 Å². The maximum absolute atomic E-state index is 12.7. The molecule has 2 N–H and O–H groups in total. The van der Waals surface area contributed by atoms with Crippen molar-refractivity contribution in [2.45, 2.75) is 19.1 Å². The summed E-state index contributed by atoms with van der Waals surface area (Å²) in [7, 11) is 0. The van der Waals surface area contributed by atoms with Crippen LogP contribution < -0.4 is 4.74 Å². The van der Waals surface area contributed by atoms with Gasteiger partial charge in [-0.15, -0.1) is 0 Å². The van der Waals surface area contributed by atoms with E-state index < -0.39 is 24.0 Å². The fraction of sp³-hybridized carbons (Fsp3) is 0.188. The van der Waals surface area contributed by atoms with Crippen molar-refractivity contribution in [3.05, 3.63) is 64.8 Å². The number of carboxylic acids is 1. The second-order valence-corrected chi connectivity index (χ2v) is 4.88. The Labute approximate surface area is 120 Å². The second-order valence-electron chi connectivity index (χ2n) is 4.88. The first-order valence-electron chi connectivity index (χ1n) is 6.35. The standard InChI is InChI=1S/C10H11FO4.C6H4/c1-10(14,6-9(12)13)15-8-4-2-3-7(11)5-8;1-2-6-4-3-5(1)6/h2-5,14H,6H2,1H3,(H,12,13);1-4H. The lowest BCUT2D eigenvalue weighted by molar-refractivity contribution is -0.162. The van der Waals surface area contributed by atoms with Crippen molar-refractivity contribution in [2.75, 3.05) is 0 Å². The molecule has 0 aliphatic heterocycles. The van der Waals surface area contributed by atoms with E-state index in [2.05, 4.69) is 24.3 Å². The molecule has 0 saturated carbocycles. The van der Waals surface area contributed by atoms with Gasteiger partial charge in [-0.05, 0) is 22.6 Å². The first-order valence-corrected chi connectivity index (χ1v) is 6.35. The number of aliphatic hydroxyl groups is 1. The number of hydrogen-bond donors (Lipinski definition) is 2. The molecule has 5 heteroatoms. The van der Waals surface area contributed by atoms with Gasteiger partial charge in [0.2, 0.25) is 5.79 Å². The molecule has 1 aromatic carbocycles. The van der Waals surface area contributed by atoms with Gasteiger partial charge in [-0.1, -0.05) is 30.3 Å².